The van der Waals surface area contributed by atoms with Crippen LogP contribution in [0, 0.1) is 0 Å². The lowest BCUT2D eigenvalue weighted by Crippen LogP contribution is -2.31. The third-order valence-corrected chi connectivity index (χ3v) is 5.62. The Morgan fingerprint density at radius 3 is 2.08 bits per heavy atom. The molecule has 26 heavy (non-hydrogen) atoms. The Balaban J connectivity index is 0.00000117. The summed E-state index contributed by atoms with van der Waals surface area (Å²) < 4.78 is 5.01. The van der Waals surface area contributed by atoms with Gasteiger partial charge >= 0.3 is 5.97 Å². The predicted octanol–water partition coefficient (Wildman–Crippen LogP) is 6.02. The smallest absolute Gasteiger partial charge is 0.315 e. The fourth-order valence-corrected chi connectivity index (χ4v) is 4.06. The second-order valence-corrected chi connectivity index (χ2v) is 7.35. The second-order valence-electron chi connectivity index (χ2n) is 7.35. The lowest BCUT2D eigenvalue weighted by molar-refractivity contribution is -0.146. The largest absolute Gasteiger partial charge is 0.468 e. The van der Waals surface area contributed by atoms with E-state index in [2.05, 4.69) is 48.5 Å². The molecule has 0 unspecified atom stereocenters. The Labute approximate surface area is 158 Å². The first kappa shape index (κ1) is 20.2. The first-order chi connectivity index (χ1) is 12.5. The minimum atomic E-state index is -0.638. The molecule has 0 amide bonds. The Morgan fingerprint density at radius 2 is 1.50 bits per heavy atom. The highest BCUT2D eigenvalue weighted by Gasteiger charge is 2.38. The quantitative estimate of drug-likeness (QED) is 0.629. The molecule has 2 aromatic rings. The van der Waals surface area contributed by atoms with E-state index in [1.165, 1.54) is 43.9 Å². The van der Waals surface area contributed by atoms with Crippen molar-refractivity contribution in [1.82, 2.24) is 0 Å². The molecule has 0 aliphatic heterocycles. The monoisotopic (exact) mass is 352 g/mol. The Bertz CT molecular complexity index is 710. The van der Waals surface area contributed by atoms with Crippen molar-refractivity contribution in [2.24, 2.45) is 0 Å². The molecule has 0 bridgehead atoms. The average Bonchev–Trinajstić information content (AvgIpc) is 3.21. The van der Waals surface area contributed by atoms with Crippen molar-refractivity contribution < 1.29 is 9.53 Å². The zero-order valence-corrected chi connectivity index (χ0v) is 16.8. The number of rotatable bonds is 4. The molecule has 0 N–H and O–H groups in total. The first-order valence-electron chi connectivity index (χ1n) is 9.76. The minimum Gasteiger partial charge on any atom is -0.468 e. The third kappa shape index (κ3) is 3.70. The molecular formula is C24H32O2. The van der Waals surface area contributed by atoms with Gasteiger partial charge in [-0.1, -0.05) is 81.3 Å². The van der Waals surface area contributed by atoms with Crippen molar-refractivity contribution >= 4 is 5.97 Å². The molecule has 0 heterocycles. The van der Waals surface area contributed by atoms with Crippen LogP contribution in [-0.2, 0) is 20.4 Å². The van der Waals surface area contributed by atoms with Gasteiger partial charge in [0.1, 0.15) is 0 Å². The van der Waals surface area contributed by atoms with Gasteiger partial charge in [0.05, 0.1) is 12.5 Å². The van der Waals surface area contributed by atoms with E-state index in [1.807, 2.05) is 33.8 Å². The average molecular weight is 353 g/mol. The van der Waals surface area contributed by atoms with Crippen LogP contribution in [0.4, 0.5) is 0 Å². The van der Waals surface area contributed by atoms with Crippen LogP contribution in [0.15, 0.2) is 54.6 Å². The van der Waals surface area contributed by atoms with Gasteiger partial charge in [-0.2, -0.15) is 0 Å². The van der Waals surface area contributed by atoms with Crippen LogP contribution in [0.25, 0.3) is 0 Å². The fraction of sp³-hybridized carbons (Fsp3) is 0.458. The number of carbonyl (C=O) groups excluding carboxylic acids is 1. The van der Waals surface area contributed by atoms with Crippen LogP contribution in [0.2, 0.25) is 0 Å². The van der Waals surface area contributed by atoms with Crippen LogP contribution in [0.1, 0.15) is 70.1 Å². The summed E-state index contributed by atoms with van der Waals surface area (Å²) in [7, 11) is 1.45. The third-order valence-electron chi connectivity index (χ3n) is 5.62. The number of hydrogen-bond donors (Lipinski definition) is 0. The van der Waals surface area contributed by atoms with E-state index >= 15 is 0 Å². The molecule has 1 saturated carbocycles. The van der Waals surface area contributed by atoms with Crippen molar-refractivity contribution in [1.29, 1.82) is 0 Å². The standard InChI is InChI=1S/C22H26O2.C2H6/c1-21(2,20(23)24-3)18-12-9-13-19(16-18)22(14-7-8-15-22)17-10-5-4-6-11-17;1-2/h4-6,9-13,16H,7-8,14-15H2,1-3H3;1-2H3. The van der Waals surface area contributed by atoms with Gasteiger partial charge in [-0.25, -0.2) is 0 Å². The van der Waals surface area contributed by atoms with Gasteiger partial charge in [0, 0.05) is 5.41 Å². The van der Waals surface area contributed by atoms with Gasteiger partial charge < -0.3 is 4.74 Å². The van der Waals surface area contributed by atoms with Crippen molar-refractivity contribution in [3.8, 4) is 0 Å². The number of carbonyl (C=O) groups is 1. The molecular weight excluding hydrogens is 320 g/mol. The lowest BCUT2D eigenvalue weighted by atomic mass is 9.71. The van der Waals surface area contributed by atoms with E-state index < -0.39 is 5.41 Å². The van der Waals surface area contributed by atoms with Gasteiger partial charge in [0.15, 0.2) is 0 Å². The highest BCUT2D eigenvalue weighted by molar-refractivity contribution is 5.82. The molecule has 1 aliphatic carbocycles. The SMILES string of the molecule is CC.COC(=O)C(C)(C)c1cccc(C2(c3ccccc3)CCCC2)c1. The molecule has 1 fully saturated rings. The maximum Gasteiger partial charge on any atom is 0.315 e. The summed E-state index contributed by atoms with van der Waals surface area (Å²) in [4.78, 5) is 12.2. The van der Waals surface area contributed by atoms with Crippen LogP contribution in [-0.4, -0.2) is 13.1 Å². The molecule has 2 heteroatoms. The van der Waals surface area contributed by atoms with E-state index in [0.717, 1.165) is 5.56 Å². The topological polar surface area (TPSA) is 26.3 Å². The summed E-state index contributed by atoms with van der Waals surface area (Å²) in [5, 5.41) is 0. The summed E-state index contributed by atoms with van der Waals surface area (Å²) in [6, 6.07) is 19.3. The summed E-state index contributed by atoms with van der Waals surface area (Å²) in [5.41, 5.74) is 3.16. The molecule has 140 valence electrons. The summed E-state index contributed by atoms with van der Waals surface area (Å²) >= 11 is 0. The Hall–Kier alpha value is -2.09. The summed E-state index contributed by atoms with van der Waals surface area (Å²) in [5.74, 6) is -0.195. The van der Waals surface area contributed by atoms with Gasteiger partial charge in [0.2, 0.25) is 0 Å². The van der Waals surface area contributed by atoms with Crippen LogP contribution < -0.4 is 0 Å². The van der Waals surface area contributed by atoms with Gasteiger partial charge in [-0.05, 0) is 43.4 Å². The molecule has 1 aliphatic rings. The molecule has 3 rings (SSSR count). The lowest BCUT2D eigenvalue weighted by Gasteiger charge is -2.32. The molecule has 0 spiro atoms. The predicted molar refractivity (Wildman–Crippen MR) is 109 cm³/mol. The molecule has 0 atom stereocenters. The van der Waals surface area contributed by atoms with Crippen LogP contribution in [0.5, 0.6) is 0 Å². The second kappa shape index (κ2) is 8.53. The Kier molecular flexibility index (Phi) is 6.63. The number of esters is 1. The zero-order chi connectivity index (χ0) is 19.2. The first-order valence-corrected chi connectivity index (χ1v) is 9.76. The Morgan fingerprint density at radius 1 is 0.923 bits per heavy atom. The van der Waals surface area contributed by atoms with Crippen molar-refractivity contribution in [2.75, 3.05) is 7.11 Å². The summed E-state index contributed by atoms with van der Waals surface area (Å²) in [6.07, 6.45) is 4.83. The van der Waals surface area contributed by atoms with E-state index in [-0.39, 0.29) is 11.4 Å². The number of methoxy groups -OCH3 is 1. The van der Waals surface area contributed by atoms with E-state index in [9.17, 15) is 4.79 Å². The molecule has 2 nitrogen and oxygen atoms in total. The van der Waals surface area contributed by atoms with E-state index in [1.54, 1.807) is 0 Å². The van der Waals surface area contributed by atoms with Crippen LogP contribution >= 0.6 is 0 Å². The number of benzene rings is 2. The highest BCUT2D eigenvalue weighted by atomic mass is 16.5. The normalized spacial score (nSPS) is 15.7. The van der Waals surface area contributed by atoms with Gasteiger partial charge in [-0.15, -0.1) is 0 Å². The fourth-order valence-electron chi connectivity index (χ4n) is 4.06. The zero-order valence-electron chi connectivity index (χ0n) is 16.8. The number of ether oxygens (including phenoxy) is 1. The van der Waals surface area contributed by atoms with Crippen molar-refractivity contribution in [2.45, 2.75) is 64.2 Å². The van der Waals surface area contributed by atoms with E-state index in [4.69, 9.17) is 4.74 Å². The van der Waals surface area contributed by atoms with E-state index in [0.29, 0.717) is 0 Å². The van der Waals surface area contributed by atoms with Gasteiger partial charge in [0.25, 0.3) is 0 Å². The molecule has 2 aromatic carbocycles. The number of hydrogen-bond acceptors (Lipinski definition) is 2. The highest BCUT2D eigenvalue weighted by Crippen LogP contribution is 2.47. The van der Waals surface area contributed by atoms with Crippen molar-refractivity contribution in [3.63, 3.8) is 0 Å². The van der Waals surface area contributed by atoms with Crippen LogP contribution in [0.3, 0.4) is 0 Å². The maximum absolute atomic E-state index is 12.2. The maximum atomic E-state index is 12.2. The summed E-state index contributed by atoms with van der Waals surface area (Å²) in [6.45, 7) is 7.86. The molecule has 0 radical (unpaired) electrons. The van der Waals surface area contributed by atoms with Crippen molar-refractivity contribution in [3.05, 3.63) is 71.3 Å². The minimum absolute atomic E-state index is 0.0729. The molecule has 0 aromatic heterocycles. The van der Waals surface area contributed by atoms with Gasteiger partial charge in [-0.3, -0.25) is 4.79 Å². The molecule has 0 saturated heterocycles.